The molecule has 0 amide bonds. The largest absolute Gasteiger partial charge is 0.482 e. The Kier molecular flexibility index (Phi) is 6.88. The number of hydrogen-bond donors (Lipinski definition) is 1. The maximum absolute atomic E-state index is 14.4. The van der Waals surface area contributed by atoms with Crippen LogP contribution < -0.4 is 10.5 Å². The molecule has 1 aliphatic rings. The number of fused-ring (bicyclic) bond motifs is 1. The number of aromatic nitrogens is 6. The highest BCUT2D eigenvalue weighted by Gasteiger charge is 2.41. The fourth-order valence-electron chi connectivity index (χ4n) is 4.67. The Morgan fingerprint density at radius 3 is 2.79 bits per heavy atom. The molecule has 0 bridgehead atoms. The zero-order chi connectivity index (χ0) is 27.2. The van der Waals surface area contributed by atoms with Gasteiger partial charge in [0.05, 0.1) is 17.3 Å². The van der Waals surface area contributed by atoms with Gasteiger partial charge in [0.2, 0.25) is 0 Å². The normalized spacial score (nSPS) is 16.3. The number of anilines is 1. The number of nitrogens with two attached hydrogens (primary N) is 1. The van der Waals surface area contributed by atoms with Gasteiger partial charge >= 0.3 is 6.18 Å². The van der Waals surface area contributed by atoms with Gasteiger partial charge in [-0.15, -0.1) is 0 Å². The van der Waals surface area contributed by atoms with E-state index in [0.29, 0.717) is 44.3 Å². The molecule has 4 heterocycles. The third-order valence-electron chi connectivity index (χ3n) is 6.50. The van der Waals surface area contributed by atoms with Gasteiger partial charge in [-0.25, -0.2) is 14.4 Å². The minimum Gasteiger partial charge on any atom is -0.482 e. The van der Waals surface area contributed by atoms with Gasteiger partial charge in [-0.1, -0.05) is 0 Å². The summed E-state index contributed by atoms with van der Waals surface area (Å²) in [7, 11) is 1.66. The molecule has 4 aromatic rings. The summed E-state index contributed by atoms with van der Waals surface area (Å²) in [4.78, 5) is 10.0. The number of hydrogen-bond acceptors (Lipinski definition) is 6. The van der Waals surface area contributed by atoms with Gasteiger partial charge in [-0.05, 0) is 53.5 Å². The van der Waals surface area contributed by atoms with E-state index in [2.05, 4.69) is 36.1 Å². The van der Waals surface area contributed by atoms with Crippen LogP contribution in [0.3, 0.4) is 0 Å². The van der Waals surface area contributed by atoms with Crippen LogP contribution in [0.5, 0.6) is 5.75 Å². The van der Waals surface area contributed by atoms with Gasteiger partial charge in [0.25, 0.3) is 0 Å². The molecule has 200 valence electrons. The van der Waals surface area contributed by atoms with E-state index in [9.17, 15) is 17.6 Å². The summed E-state index contributed by atoms with van der Waals surface area (Å²) in [6.07, 6.45) is -1.17. The molecule has 2 atom stereocenters. The Morgan fingerprint density at radius 1 is 1.24 bits per heavy atom. The molecule has 2 N–H and O–H groups in total. The lowest BCUT2D eigenvalue weighted by molar-refractivity contribution is -0.182. The van der Waals surface area contributed by atoms with Crippen LogP contribution in [0.15, 0.2) is 41.1 Å². The van der Waals surface area contributed by atoms with Crippen LogP contribution in [-0.2, 0) is 26.4 Å². The van der Waals surface area contributed by atoms with Gasteiger partial charge < -0.3 is 15.0 Å². The number of aryl methyl sites for hydroxylation is 2. The van der Waals surface area contributed by atoms with Crippen LogP contribution in [0.2, 0.25) is 0 Å². The van der Waals surface area contributed by atoms with Crippen LogP contribution in [-0.4, -0.2) is 35.7 Å². The van der Waals surface area contributed by atoms with Crippen molar-refractivity contribution >= 4 is 21.7 Å². The molecule has 0 radical (unpaired) electrons. The molecule has 1 unspecified atom stereocenters. The molecule has 0 spiro atoms. The van der Waals surface area contributed by atoms with Crippen LogP contribution in [0.4, 0.5) is 23.4 Å². The van der Waals surface area contributed by atoms with Crippen LogP contribution in [0.25, 0.3) is 11.3 Å². The van der Waals surface area contributed by atoms with Crippen molar-refractivity contribution in [2.45, 2.75) is 45.0 Å². The summed E-state index contributed by atoms with van der Waals surface area (Å²) < 4.78 is 62.4. The van der Waals surface area contributed by atoms with E-state index in [1.165, 1.54) is 16.9 Å². The van der Waals surface area contributed by atoms with E-state index in [1.54, 1.807) is 43.1 Å². The Balaban J connectivity index is 1.45. The fraction of sp³-hybridized carbons (Fsp3) is 0.360. The average Bonchev–Trinajstić information content (AvgIpc) is 3.42. The number of alkyl halides is 3. The lowest BCUT2D eigenvalue weighted by Crippen LogP contribution is -2.31. The Morgan fingerprint density at radius 2 is 2.03 bits per heavy atom. The molecule has 8 nitrogen and oxygen atoms in total. The van der Waals surface area contributed by atoms with Crippen molar-refractivity contribution in [2.24, 2.45) is 13.0 Å². The van der Waals surface area contributed by atoms with Crippen LogP contribution >= 0.6 is 15.9 Å². The molecule has 1 aromatic carbocycles. The summed E-state index contributed by atoms with van der Waals surface area (Å²) in [5.74, 6) is -0.694. The summed E-state index contributed by atoms with van der Waals surface area (Å²) in [6.45, 7) is 1.61. The molecule has 0 aliphatic carbocycles. The molecular formula is C25H24BrF4N7O. The fourth-order valence-corrected chi connectivity index (χ4v) is 4.98. The second kappa shape index (κ2) is 10.0. The van der Waals surface area contributed by atoms with Crippen molar-refractivity contribution in [1.29, 1.82) is 0 Å². The second-order valence-electron chi connectivity index (χ2n) is 9.27. The Hall–Kier alpha value is -3.48. The number of ether oxygens (including phenoxy) is 1. The average molecular weight is 594 g/mol. The van der Waals surface area contributed by atoms with Crippen molar-refractivity contribution in [3.05, 3.63) is 69.7 Å². The number of nitrogens with zero attached hydrogens (tertiary/aromatic N) is 6. The third-order valence-corrected chi connectivity index (χ3v) is 6.93. The van der Waals surface area contributed by atoms with Crippen molar-refractivity contribution in [1.82, 2.24) is 29.5 Å². The number of benzene rings is 1. The predicted molar refractivity (Wildman–Crippen MR) is 135 cm³/mol. The van der Waals surface area contributed by atoms with Gasteiger partial charge in [-0.2, -0.15) is 28.2 Å². The summed E-state index contributed by atoms with van der Waals surface area (Å²) in [6, 6.07) is 5.97. The monoisotopic (exact) mass is 593 g/mol. The molecule has 0 saturated heterocycles. The van der Waals surface area contributed by atoms with Gasteiger partial charge in [0.15, 0.2) is 11.6 Å². The lowest BCUT2D eigenvalue weighted by atomic mass is 9.98. The zero-order valence-electron chi connectivity index (χ0n) is 20.5. The first-order valence-electron chi connectivity index (χ1n) is 11.9. The van der Waals surface area contributed by atoms with Crippen molar-refractivity contribution in [3.8, 4) is 17.0 Å². The lowest BCUT2D eigenvalue weighted by Gasteiger charge is -2.25. The SMILES string of the molecule is C[C@@H](Oc1cc(Br)cnc1N)c1cc(F)ccc1-c1nn(C)nc1Cc1cn2c(n1)CCC(C(F)(F)F)C2. The Labute approximate surface area is 224 Å². The van der Waals surface area contributed by atoms with Crippen molar-refractivity contribution < 1.29 is 22.3 Å². The van der Waals surface area contributed by atoms with Crippen molar-refractivity contribution in [2.75, 3.05) is 5.73 Å². The molecule has 0 fully saturated rings. The smallest absolute Gasteiger partial charge is 0.393 e. The minimum atomic E-state index is -4.24. The number of rotatable bonds is 6. The minimum absolute atomic E-state index is 0.0190. The highest BCUT2D eigenvalue weighted by Crippen LogP contribution is 2.36. The van der Waals surface area contributed by atoms with E-state index >= 15 is 0 Å². The number of halogens is 5. The van der Waals surface area contributed by atoms with E-state index in [4.69, 9.17) is 10.5 Å². The van der Waals surface area contributed by atoms with Gasteiger partial charge in [-0.3, -0.25) is 0 Å². The van der Waals surface area contributed by atoms with E-state index in [1.807, 2.05) is 0 Å². The molecule has 1 aliphatic heterocycles. The summed E-state index contributed by atoms with van der Waals surface area (Å²) in [5.41, 5.74) is 8.71. The molecule has 3 aromatic heterocycles. The van der Waals surface area contributed by atoms with E-state index in [0.717, 1.165) is 0 Å². The highest BCUT2D eigenvalue weighted by molar-refractivity contribution is 9.10. The third kappa shape index (κ3) is 5.38. The molecule has 0 saturated carbocycles. The first kappa shape index (κ1) is 26.1. The Bertz CT molecular complexity index is 1480. The highest BCUT2D eigenvalue weighted by atomic mass is 79.9. The summed E-state index contributed by atoms with van der Waals surface area (Å²) >= 11 is 3.34. The molecule has 13 heteroatoms. The van der Waals surface area contributed by atoms with E-state index < -0.39 is 24.0 Å². The zero-order valence-corrected chi connectivity index (χ0v) is 22.1. The van der Waals surface area contributed by atoms with E-state index in [-0.39, 0.29) is 31.6 Å². The first-order valence-corrected chi connectivity index (χ1v) is 12.7. The molecular weight excluding hydrogens is 570 g/mol. The van der Waals surface area contributed by atoms with Gasteiger partial charge in [0.1, 0.15) is 23.4 Å². The first-order chi connectivity index (χ1) is 18.0. The maximum atomic E-state index is 14.4. The maximum Gasteiger partial charge on any atom is 0.393 e. The standard InChI is InChI=1S/C25H24BrF4N7O/c1-13(38-21-7-15(26)10-32-24(21)31)19-8-16(27)4-5-18(19)23-20(34-36(2)35-23)9-17-12-37-11-14(25(28,29)30)3-6-22(37)33-17/h4-5,7-8,10,12-14H,3,6,9,11H2,1-2H3,(H2,31,32)/t13-,14?/m1/s1. The molecule has 38 heavy (non-hydrogen) atoms. The van der Waals surface area contributed by atoms with Crippen LogP contribution in [0, 0.1) is 11.7 Å². The second-order valence-corrected chi connectivity index (χ2v) is 10.2. The number of nitrogen functional groups attached to an aromatic ring is 1. The van der Waals surface area contributed by atoms with Crippen LogP contribution in [0.1, 0.15) is 42.2 Å². The molecule has 5 rings (SSSR count). The number of imidazole rings is 1. The summed E-state index contributed by atoms with van der Waals surface area (Å²) in [5, 5.41) is 9.00. The number of pyridine rings is 1. The predicted octanol–water partition coefficient (Wildman–Crippen LogP) is 5.41. The quantitative estimate of drug-likeness (QED) is 0.300. The topological polar surface area (TPSA) is 96.7 Å². The van der Waals surface area contributed by atoms with Crippen molar-refractivity contribution in [3.63, 3.8) is 0 Å². The van der Waals surface area contributed by atoms with Gasteiger partial charge in [0, 0.05) is 54.4 Å².